The maximum Gasteiger partial charge on any atom is 0.0576 e. The highest BCUT2D eigenvalue weighted by atomic mass is 16.5. The summed E-state index contributed by atoms with van der Waals surface area (Å²) in [4.78, 5) is 0. The first kappa shape index (κ1) is 12.4. The largest absolute Gasteiger partial charge is 0.378 e. The van der Waals surface area contributed by atoms with Crippen LogP contribution in [0.3, 0.4) is 0 Å². The van der Waals surface area contributed by atoms with E-state index in [4.69, 9.17) is 4.74 Å². The predicted octanol–water partition coefficient (Wildman–Crippen LogP) is 3.11. The molecule has 1 N–H and O–H groups in total. The van der Waals surface area contributed by atoms with Gasteiger partial charge in [-0.15, -0.1) is 0 Å². The van der Waals surface area contributed by atoms with E-state index < -0.39 is 0 Å². The molecule has 0 bridgehead atoms. The number of nitrogens with one attached hydrogen (secondary N) is 1. The van der Waals surface area contributed by atoms with Crippen molar-refractivity contribution in [2.45, 2.75) is 70.4 Å². The zero-order chi connectivity index (χ0) is 11.2. The van der Waals surface area contributed by atoms with Gasteiger partial charge in [-0.05, 0) is 51.0 Å². The fourth-order valence-corrected chi connectivity index (χ4v) is 2.53. The molecule has 94 valence electrons. The first-order chi connectivity index (χ1) is 7.84. The fraction of sp³-hybridized carbons (Fsp3) is 1.00. The molecule has 1 saturated carbocycles. The SMILES string of the molecule is CC(CCCC1CCCO1)CCNC1CC1. The van der Waals surface area contributed by atoms with Crippen LogP contribution in [-0.4, -0.2) is 25.3 Å². The van der Waals surface area contributed by atoms with E-state index >= 15 is 0 Å². The van der Waals surface area contributed by atoms with Gasteiger partial charge < -0.3 is 10.1 Å². The third-order valence-electron chi connectivity index (χ3n) is 3.89. The molecule has 2 atom stereocenters. The van der Waals surface area contributed by atoms with E-state index in [1.165, 1.54) is 57.9 Å². The topological polar surface area (TPSA) is 21.3 Å². The standard InChI is InChI=1S/C14H27NO/c1-12(9-10-15-13-7-8-13)4-2-5-14-6-3-11-16-14/h12-15H,2-11H2,1H3. The van der Waals surface area contributed by atoms with Crippen LogP contribution in [0.4, 0.5) is 0 Å². The van der Waals surface area contributed by atoms with Gasteiger partial charge in [0.2, 0.25) is 0 Å². The Bertz CT molecular complexity index is 185. The molecule has 0 amide bonds. The molecule has 1 aliphatic carbocycles. The molecule has 0 spiro atoms. The lowest BCUT2D eigenvalue weighted by atomic mass is 9.98. The Morgan fingerprint density at radius 3 is 2.81 bits per heavy atom. The van der Waals surface area contributed by atoms with Gasteiger partial charge >= 0.3 is 0 Å². The summed E-state index contributed by atoms with van der Waals surface area (Å²) in [6.45, 7) is 4.63. The summed E-state index contributed by atoms with van der Waals surface area (Å²) in [5.74, 6) is 0.882. The van der Waals surface area contributed by atoms with Crippen LogP contribution < -0.4 is 5.32 Å². The molecule has 2 rings (SSSR count). The second kappa shape index (κ2) is 6.61. The fourth-order valence-electron chi connectivity index (χ4n) is 2.53. The highest BCUT2D eigenvalue weighted by Crippen LogP contribution is 2.21. The monoisotopic (exact) mass is 225 g/mol. The van der Waals surface area contributed by atoms with Crippen molar-refractivity contribution < 1.29 is 4.74 Å². The molecule has 2 nitrogen and oxygen atoms in total. The molecule has 1 saturated heterocycles. The molecule has 0 aromatic carbocycles. The smallest absolute Gasteiger partial charge is 0.0576 e. The lowest BCUT2D eigenvalue weighted by Crippen LogP contribution is -2.19. The highest BCUT2D eigenvalue weighted by molar-refractivity contribution is 4.80. The second-order valence-electron chi connectivity index (χ2n) is 5.69. The summed E-state index contributed by atoms with van der Waals surface area (Å²) in [5, 5.41) is 3.59. The van der Waals surface area contributed by atoms with Crippen LogP contribution in [0, 0.1) is 5.92 Å². The third kappa shape index (κ3) is 4.84. The molecule has 2 aliphatic rings. The summed E-state index contributed by atoms with van der Waals surface area (Å²) in [6.07, 6.45) is 11.4. The van der Waals surface area contributed by atoms with Crippen molar-refractivity contribution in [3.63, 3.8) is 0 Å². The van der Waals surface area contributed by atoms with Crippen LogP contribution in [0.1, 0.15) is 58.3 Å². The van der Waals surface area contributed by atoms with Crippen LogP contribution in [0.25, 0.3) is 0 Å². The van der Waals surface area contributed by atoms with E-state index in [1.807, 2.05) is 0 Å². The lowest BCUT2D eigenvalue weighted by Gasteiger charge is -2.13. The Hall–Kier alpha value is -0.0800. The zero-order valence-corrected chi connectivity index (χ0v) is 10.7. The molecular weight excluding hydrogens is 198 g/mol. The quantitative estimate of drug-likeness (QED) is 0.685. The van der Waals surface area contributed by atoms with Crippen LogP contribution in [0.5, 0.6) is 0 Å². The van der Waals surface area contributed by atoms with Crippen molar-refractivity contribution in [1.29, 1.82) is 0 Å². The van der Waals surface area contributed by atoms with E-state index in [9.17, 15) is 0 Å². The predicted molar refractivity (Wildman–Crippen MR) is 67.6 cm³/mol. The molecule has 2 unspecified atom stereocenters. The van der Waals surface area contributed by atoms with Crippen molar-refractivity contribution in [2.24, 2.45) is 5.92 Å². The number of rotatable bonds is 8. The van der Waals surface area contributed by atoms with Gasteiger partial charge in [0.25, 0.3) is 0 Å². The zero-order valence-electron chi connectivity index (χ0n) is 10.7. The molecule has 1 heterocycles. The van der Waals surface area contributed by atoms with Crippen molar-refractivity contribution in [2.75, 3.05) is 13.2 Å². The molecule has 0 aromatic rings. The average molecular weight is 225 g/mol. The molecular formula is C14H27NO. The van der Waals surface area contributed by atoms with Gasteiger partial charge in [0.15, 0.2) is 0 Å². The lowest BCUT2D eigenvalue weighted by molar-refractivity contribution is 0.101. The minimum atomic E-state index is 0.594. The normalized spacial score (nSPS) is 27.2. The first-order valence-electron chi connectivity index (χ1n) is 7.19. The van der Waals surface area contributed by atoms with Gasteiger partial charge in [0, 0.05) is 12.6 Å². The molecule has 2 heteroatoms. The van der Waals surface area contributed by atoms with Gasteiger partial charge in [-0.25, -0.2) is 0 Å². The minimum Gasteiger partial charge on any atom is -0.378 e. The van der Waals surface area contributed by atoms with Crippen LogP contribution >= 0.6 is 0 Å². The minimum absolute atomic E-state index is 0.594. The van der Waals surface area contributed by atoms with Crippen molar-refractivity contribution in [3.05, 3.63) is 0 Å². The van der Waals surface area contributed by atoms with Gasteiger partial charge in [-0.3, -0.25) is 0 Å². The summed E-state index contributed by atoms with van der Waals surface area (Å²) >= 11 is 0. The Morgan fingerprint density at radius 1 is 1.25 bits per heavy atom. The summed E-state index contributed by atoms with van der Waals surface area (Å²) in [6, 6.07) is 0.874. The van der Waals surface area contributed by atoms with Crippen LogP contribution in [-0.2, 0) is 4.74 Å². The molecule has 2 fully saturated rings. The number of ether oxygens (including phenoxy) is 1. The summed E-state index contributed by atoms with van der Waals surface area (Å²) in [7, 11) is 0. The van der Waals surface area contributed by atoms with Crippen LogP contribution in [0.2, 0.25) is 0 Å². The van der Waals surface area contributed by atoms with E-state index in [1.54, 1.807) is 0 Å². The first-order valence-corrected chi connectivity index (χ1v) is 7.19. The third-order valence-corrected chi connectivity index (χ3v) is 3.89. The Morgan fingerprint density at radius 2 is 2.12 bits per heavy atom. The molecule has 16 heavy (non-hydrogen) atoms. The number of hydrogen-bond acceptors (Lipinski definition) is 2. The van der Waals surface area contributed by atoms with Gasteiger partial charge in [0.05, 0.1) is 6.10 Å². The second-order valence-corrected chi connectivity index (χ2v) is 5.69. The van der Waals surface area contributed by atoms with E-state index in [0.717, 1.165) is 18.6 Å². The van der Waals surface area contributed by atoms with Crippen LogP contribution in [0.15, 0.2) is 0 Å². The Labute approximate surface area is 100 Å². The van der Waals surface area contributed by atoms with Crippen molar-refractivity contribution >= 4 is 0 Å². The molecule has 0 aromatic heterocycles. The maximum absolute atomic E-state index is 5.64. The summed E-state index contributed by atoms with van der Waals surface area (Å²) < 4.78 is 5.64. The number of hydrogen-bond donors (Lipinski definition) is 1. The Kier molecular flexibility index (Phi) is 5.11. The highest BCUT2D eigenvalue weighted by Gasteiger charge is 2.20. The van der Waals surface area contributed by atoms with Crippen molar-refractivity contribution in [1.82, 2.24) is 5.32 Å². The van der Waals surface area contributed by atoms with Gasteiger partial charge in [0.1, 0.15) is 0 Å². The molecule has 1 aliphatic heterocycles. The Balaban J connectivity index is 1.41. The average Bonchev–Trinajstić information content (AvgIpc) is 2.94. The summed E-state index contributed by atoms with van der Waals surface area (Å²) in [5.41, 5.74) is 0. The van der Waals surface area contributed by atoms with E-state index in [-0.39, 0.29) is 0 Å². The maximum atomic E-state index is 5.64. The van der Waals surface area contributed by atoms with Crippen molar-refractivity contribution in [3.8, 4) is 0 Å². The van der Waals surface area contributed by atoms with Gasteiger partial charge in [-0.1, -0.05) is 19.8 Å². The van der Waals surface area contributed by atoms with E-state index in [2.05, 4.69) is 12.2 Å². The molecule has 0 radical (unpaired) electrons. The van der Waals surface area contributed by atoms with E-state index in [0.29, 0.717) is 6.10 Å². The van der Waals surface area contributed by atoms with Gasteiger partial charge in [-0.2, -0.15) is 0 Å².